The van der Waals surface area contributed by atoms with Crippen LogP contribution in [0.3, 0.4) is 0 Å². The second-order valence-corrected chi connectivity index (χ2v) is 7.35. The molecule has 0 radical (unpaired) electrons. The quantitative estimate of drug-likeness (QED) is 0.680. The normalized spacial score (nSPS) is 18.3. The Bertz CT molecular complexity index is 626. The topological polar surface area (TPSA) is 72.9 Å². The predicted octanol–water partition coefficient (Wildman–Crippen LogP) is 2.71. The van der Waals surface area contributed by atoms with Gasteiger partial charge in [-0.05, 0) is 45.2 Å². The first-order valence-electron chi connectivity index (χ1n) is 7.82. The van der Waals surface area contributed by atoms with Crippen LogP contribution in [0.25, 0.3) is 0 Å². The fraction of sp³-hybridized carbons (Fsp3) is 0.562. The van der Waals surface area contributed by atoms with E-state index in [0.717, 1.165) is 22.7 Å². The zero-order chi connectivity index (χ0) is 16.9. The van der Waals surface area contributed by atoms with Gasteiger partial charge in [-0.15, -0.1) is 0 Å². The van der Waals surface area contributed by atoms with E-state index in [1.807, 2.05) is 13.8 Å². The van der Waals surface area contributed by atoms with Gasteiger partial charge in [0.2, 0.25) is 0 Å². The zero-order valence-electron chi connectivity index (χ0n) is 13.5. The van der Waals surface area contributed by atoms with Crippen LogP contribution < -0.4 is 0 Å². The van der Waals surface area contributed by atoms with E-state index >= 15 is 0 Å². The molecule has 1 aromatic rings. The van der Waals surface area contributed by atoms with Gasteiger partial charge in [0.05, 0.1) is 10.9 Å². The van der Waals surface area contributed by atoms with E-state index in [9.17, 15) is 13.2 Å². The molecule has 23 heavy (non-hydrogen) atoms. The highest BCUT2D eigenvalue weighted by Gasteiger charge is 2.42. The summed E-state index contributed by atoms with van der Waals surface area (Å²) in [6.07, 6.45) is 1.39. The first-order chi connectivity index (χ1) is 11.0. The lowest BCUT2D eigenvalue weighted by atomic mass is 10.1. The van der Waals surface area contributed by atoms with Gasteiger partial charge in [0.1, 0.15) is 6.61 Å². The van der Waals surface area contributed by atoms with E-state index in [2.05, 4.69) is 0 Å². The molecule has 1 atom stereocenters. The van der Waals surface area contributed by atoms with Crippen molar-refractivity contribution < 1.29 is 22.7 Å². The van der Waals surface area contributed by atoms with Crippen molar-refractivity contribution in [1.29, 1.82) is 0 Å². The minimum atomic E-state index is -3.87. The van der Waals surface area contributed by atoms with E-state index in [1.54, 1.807) is 12.1 Å². The van der Waals surface area contributed by atoms with Crippen LogP contribution in [0.5, 0.6) is 0 Å². The molecule has 0 saturated carbocycles. The Balaban J connectivity index is 2.07. The number of unbranched alkanes of at least 4 members (excludes halogenated alkanes) is 1. The maximum absolute atomic E-state index is 12.7. The second kappa shape index (κ2) is 7.79. The molecule has 0 spiro atoms. The Morgan fingerprint density at radius 3 is 2.61 bits per heavy atom. The largest absolute Gasteiger partial charge is 0.446 e. The minimum absolute atomic E-state index is 0.110. The molecule has 1 unspecified atom stereocenters. The predicted molar refractivity (Wildman–Crippen MR) is 85.7 cm³/mol. The van der Waals surface area contributed by atoms with Crippen LogP contribution in [0.1, 0.15) is 31.7 Å². The molecular weight excluding hydrogens is 318 g/mol. The Hall–Kier alpha value is -1.60. The van der Waals surface area contributed by atoms with Crippen molar-refractivity contribution in [2.45, 2.75) is 44.0 Å². The van der Waals surface area contributed by atoms with Gasteiger partial charge >= 0.3 is 6.09 Å². The maximum Gasteiger partial charge on any atom is 0.424 e. The van der Waals surface area contributed by atoms with Crippen LogP contribution in [-0.2, 0) is 19.5 Å². The van der Waals surface area contributed by atoms with Gasteiger partial charge in [-0.3, -0.25) is 0 Å². The number of ether oxygens (including phenoxy) is 2. The summed E-state index contributed by atoms with van der Waals surface area (Å²) < 4.78 is 36.5. The van der Waals surface area contributed by atoms with Gasteiger partial charge < -0.3 is 9.47 Å². The van der Waals surface area contributed by atoms with Gasteiger partial charge in [0.15, 0.2) is 0 Å². The van der Waals surface area contributed by atoms with Crippen molar-refractivity contribution >= 4 is 16.1 Å². The van der Waals surface area contributed by atoms with E-state index in [-0.39, 0.29) is 11.5 Å². The van der Waals surface area contributed by atoms with E-state index < -0.39 is 22.2 Å². The lowest BCUT2D eigenvalue weighted by molar-refractivity contribution is 0.141. The van der Waals surface area contributed by atoms with E-state index in [4.69, 9.17) is 9.47 Å². The van der Waals surface area contributed by atoms with Crippen LogP contribution >= 0.6 is 0 Å². The Morgan fingerprint density at radius 1 is 1.26 bits per heavy atom. The molecule has 128 valence electrons. The zero-order valence-corrected chi connectivity index (χ0v) is 14.3. The molecule has 1 aliphatic heterocycles. The Kier molecular flexibility index (Phi) is 6.01. The smallest absolute Gasteiger partial charge is 0.424 e. The highest BCUT2D eigenvalue weighted by atomic mass is 32.2. The molecule has 0 bridgehead atoms. The number of aryl methyl sites for hydroxylation is 1. The molecule has 1 amide bonds. The fourth-order valence-electron chi connectivity index (χ4n) is 2.50. The Labute approximate surface area is 137 Å². The molecule has 1 heterocycles. The van der Waals surface area contributed by atoms with Crippen LogP contribution in [-0.4, -0.2) is 44.7 Å². The van der Waals surface area contributed by atoms with Gasteiger partial charge in [-0.25, -0.2) is 13.2 Å². The SMILES string of the molecule is CCOCCCCC1COC(=O)N1S(=O)(=O)c1ccc(C)cc1. The molecule has 1 aliphatic rings. The summed E-state index contributed by atoms with van der Waals surface area (Å²) in [6.45, 7) is 5.22. The fourth-order valence-corrected chi connectivity index (χ4v) is 4.01. The van der Waals surface area contributed by atoms with Crippen LogP contribution in [0, 0.1) is 6.92 Å². The number of carbonyl (C=O) groups excluding carboxylic acids is 1. The number of benzene rings is 1. The summed E-state index contributed by atoms with van der Waals surface area (Å²) in [5, 5.41) is 0. The number of nitrogens with zero attached hydrogens (tertiary/aromatic N) is 1. The lowest BCUT2D eigenvalue weighted by Crippen LogP contribution is -2.38. The molecule has 6 nitrogen and oxygen atoms in total. The molecule has 0 aliphatic carbocycles. The molecular formula is C16H23NO5S. The third kappa shape index (κ3) is 4.23. The second-order valence-electron chi connectivity index (χ2n) is 5.54. The average molecular weight is 341 g/mol. The van der Waals surface area contributed by atoms with Crippen LogP contribution in [0.4, 0.5) is 4.79 Å². The van der Waals surface area contributed by atoms with Crippen LogP contribution in [0.15, 0.2) is 29.2 Å². The van der Waals surface area contributed by atoms with Crippen LogP contribution in [0.2, 0.25) is 0 Å². The number of amides is 1. The monoisotopic (exact) mass is 341 g/mol. The van der Waals surface area contributed by atoms with E-state index in [1.165, 1.54) is 12.1 Å². The van der Waals surface area contributed by atoms with Gasteiger partial charge in [-0.1, -0.05) is 17.7 Å². The van der Waals surface area contributed by atoms with Crippen molar-refractivity contribution in [1.82, 2.24) is 4.31 Å². The third-order valence-electron chi connectivity index (χ3n) is 3.77. The summed E-state index contributed by atoms with van der Waals surface area (Å²) in [5.41, 5.74) is 0.959. The summed E-state index contributed by atoms with van der Waals surface area (Å²) in [5.74, 6) is 0. The molecule has 0 aromatic heterocycles. The third-order valence-corrected chi connectivity index (χ3v) is 5.60. The van der Waals surface area contributed by atoms with Crippen molar-refractivity contribution in [3.63, 3.8) is 0 Å². The first-order valence-corrected chi connectivity index (χ1v) is 9.26. The molecule has 2 rings (SSSR count). The summed E-state index contributed by atoms with van der Waals surface area (Å²) in [6, 6.07) is 6.01. The number of hydrogen-bond acceptors (Lipinski definition) is 5. The van der Waals surface area contributed by atoms with Crippen molar-refractivity contribution in [2.75, 3.05) is 19.8 Å². The minimum Gasteiger partial charge on any atom is -0.446 e. The molecule has 7 heteroatoms. The van der Waals surface area contributed by atoms with Crippen molar-refractivity contribution in [3.05, 3.63) is 29.8 Å². The Morgan fingerprint density at radius 2 is 1.96 bits per heavy atom. The standard InChI is InChI=1S/C16H23NO5S/c1-3-21-11-5-4-6-14-12-22-16(18)17(14)23(19,20)15-9-7-13(2)8-10-15/h7-10,14H,3-6,11-12H2,1-2H3. The molecule has 1 fully saturated rings. The van der Waals surface area contributed by atoms with Gasteiger partial charge in [-0.2, -0.15) is 4.31 Å². The number of hydrogen-bond donors (Lipinski definition) is 0. The number of carbonyl (C=O) groups is 1. The number of sulfonamides is 1. The average Bonchev–Trinajstić information content (AvgIpc) is 2.89. The molecule has 0 N–H and O–H groups in total. The lowest BCUT2D eigenvalue weighted by Gasteiger charge is -2.21. The van der Waals surface area contributed by atoms with Gasteiger partial charge in [0, 0.05) is 13.2 Å². The highest BCUT2D eigenvalue weighted by molar-refractivity contribution is 7.89. The summed E-state index contributed by atoms with van der Waals surface area (Å²) >= 11 is 0. The number of rotatable bonds is 8. The number of cyclic esters (lactones) is 1. The summed E-state index contributed by atoms with van der Waals surface area (Å²) in [4.78, 5) is 12.0. The first kappa shape index (κ1) is 17.7. The maximum atomic E-state index is 12.7. The van der Waals surface area contributed by atoms with Crippen molar-refractivity contribution in [3.8, 4) is 0 Å². The summed E-state index contributed by atoms with van der Waals surface area (Å²) in [7, 11) is -3.87. The molecule has 1 aromatic carbocycles. The highest BCUT2D eigenvalue weighted by Crippen LogP contribution is 2.26. The van der Waals surface area contributed by atoms with Gasteiger partial charge in [0.25, 0.3) is 10.0 Å². The van der Waals surface area contributed by atoms with E-state index in [0.29, 0.717) is 19.6 Å². The molecule has 1 saturated heterocycles. The van der Waals surface area contributed by atoms with Crippen molar-refractivity contribution in [2.24, 2.45) is 0 Å².